The molecule has 1 N–H and O–H groups in total. The molecule has 0 saturated carbocycles. The number of hydrogen-bond donors (Lipinski definition) is 1. The van der Waals surface area contributed by atoms with E-state index in [1.54, 1.807) is 6.20 Å². The lowest BCUT2D eigenvalue weighted by Gasteiger charge is -1.86. The molecule has 1 rings (SSSR count). The van der Waals surface area contributed by atoms with Gasteiger partial charge in [-0.25, -0.2) is 0 Å². The number of aromatic nitrogens is 2. The number of rotatable bonds is 2. The Bertz CT molecular complexity index is 137. The lowest BCUT2D eigenvalue weighted by atomic mass is 10.5. The number of hydrogen-bond acceptors (Lipinski definition) is 4. The molecule has 0 aliphatic rings. The van der Waals surface area contributed by atoms with E-state index < -0.39 is 0 Å². The fraction of sp³-hybridized carbons (Fsp3) is 0.500. The van der Waals surface area contributed by atoms with Crippen molar-refractivity contribution < 1.29 is 0 Å². The van der Waals surface area contributed by atoms with Crippen molar-refractivity contribution >= 4 is 11.7 Å². The summed E-state index contributed by atoms with van der Waals surface area (Å²) < 4.78 is 7.81. The Kier molecular flexibility index (Phi) is 1.93. The number of nitrogens with one attached hydrogen (secondary N) is 1. The first-order valence-corrected chi connectivity index (χ1v) is 3.07. The van der Waals surface area contributed by atoms with E-state index in [2.05, 4.69) is 14.1 Å². The van der Waals surface area contributed by atoms with Crippen LogP contribution in [0.15, 0.2) is 6.20 Å². The molecule has 0 aromatic carbocycles. The quantitative estimate of drug-likeness (QED) is 0.622. The summed E-state index contributed by atoms with van der Waals surface area (Å²) in [7, 11) is 1.89. The summed E-state index contributed by atoms with van der Waals surface area (Å²) >= 11 is 1.24. The first-order chi connectivity index (χ1) is 3.93. The molecule has 44 valence electrons. The van der Waals surface area contributed by atoms with Crippen molar-refractivity contribution in [2.45, 2.75) is 6.54 Å². The molecule has 0 radical (unpaired) electrons. The highest BCUT2D eigenvalue weighted by Gasteiger charge is 1.89. The molecule has 0 bridgehead atoms. The molecule has 0 aliphatic heterocycles. The monoisotopic (exact) mass is 129 g/mol. The average Bonchev–Trinajstić information content (AvgIpc) is 2.19. The predicted octanol–water partition coefficient (Wildman–Crippen LogP) is 0.258. The zero-order valence-electron chi connectivity index (χ0n) is 4.59. The van der Waals surface area contributed by atoms with Crippen molar-refractivity contribution in [1.82, 2.24) is 14.1 Å². The second-order valence-corrected chi connectivity index (χ2v) is 1.99. The fourth-order valence-corrected chi connectivity index (χ4v) is 0.876. The zero-order valence-corrected chi connectivity index (χ0v) is 5.40. The molecule has 0 aliphatic carbocycles. The van der Waals surface area contributed by atoms with Crippen LogP contribution in [0.1, 0.15) is 5.69 Å². The van der Waals surface area contributed by atoms with Gasteiger partial charge in [0.2, 0.25) is 0 Å². The molecule has 0 fully saturated rings. The lowest BCUT2D eigenvalue weighted by molar-refractivity contribution is 0.800. The standard InChI is InChI=1S/C4H7N3S/c1-5-2-4-3-6-8-7-4/h3,5H,2H2,1H3. The summed E-state index contributed by atoms with van der Waals surface area (Å²) in [5.41, 5.74) is 1.01. The van der Waals surface area contributed by atoms with Crippen molar-refractivity contribution in [2.75, 3.05) is 7.05 Å². The highest BCUT2D eigenvalue weighted by molar-refractivity contribution is 6.99. The highest BCUT2D eigenvalue weighted by atomic mass is 32.1. The molecule has 4 heteroatoms. The van der Waals surface area contributed by atoms with Gasteiger partial charge < -0.3 is 5.32 Å². The molecule has 1 aromatic heterocycles. The summed E-state index contributed by atoms with van der Waals surface area (Å²) in [4.78, 5) is 0. The normalized spacial score (nSPS) is 9.62. The molecule has 3 nitrogen and oxygen atoms in total. The Morgan fingerprint density at radius 3 is 3.25 bits per heavy atom. The second-order valence-electron chi connectivity index (χ2n) is 1.43. The van der Waals surface area contributed by atoms with Gasteiger partial charge in [0.15, 0.2) is 0 Å². The van der Waals surface area contributed by atoms with Crippen LogP contribution in [0.4, 0.5) is 0 Å². The van der Waals surface area contributed by atoms with Crippen LogP contribution in [0.3, 0.4) is 0 Å². The maximum Gasteiger partial charge on any atom is 0.0880 e. The van der Waals surface area contributed by atoms with Gasteiger partial charge in [-0.2, -0.15) is 8.75 Å². The predicted molar refractivity (Wildman–Crippen MR) is 32.7 cm³/mol. The topological polar surface area (TPSA) is 37.8 Å². The van der Waals surface area contributed by atoms with Crippen LogP contribution in [0.5, 0.6) is 0 Å². The van der Waals surface area contributed by atoms with Crippen LogP contribution >= 0.6 is 11.7 Å². The fourth-order valence-electron chi connectivity index (χ4n) is 0.443. The number of nitrogens with zero attached hydrogens (tertiary/aromatic N) is 2. The Hall–Kier alpha value is -0.480. The third-order valence-electron chi connectivity index (χ3n) is 0.765. The van der Waals surface area contributed by atoms with Gasteiger partial charge in [-0.1, -0.05) is 0 Å². The second kappa shape index (κ2) is 2.74. The van der Waals surface area contributed by atoms with E-state index in [4.69, 9.17) is 0 Å². The molecule has 1 heterocycles. The molecule has 0 unspecified atom stereocenters. The van der Waals surface area contributed by atoms with Gasteiger partial charge in [-0.05, 0) is 7.05 Å². The van der Waals surface area contributed by atoms with E-state index in [0.29, 0.717) is 0 Å². The van der Waals surface area contributed by atoms with Gasteiger partial charge in [0, 0.05) is 6.54 Å². The van der Waals surface area contributed by atoms with Crippen LogP contribution in [-0.4, -0.2) is 15.8 Å². The summed E-state index contributed by atoms with van der Waals surface area (Å²) in [6.07, 6.45) is 1.77. The van der Waals surface area contributed by atoms with Crippen LogP contribution in [0, 0.1) is 0 Å². The average molecular weight is 129 g/mol. The summed E-state index contributed by atoms with van der Waals surface area (Å²) in [6.45, 7) is 0.816. The van der Waals surface area contributed by atoms with Gasteiger partial charge in [-0.3, -0.25) is 0 Å². The van der Waals surface area contributed by atoms with Crippen LogP contribution in [-0.2, 0) is 6.54 Å². The molecule has 0 amide bonds. The van der Waals surface area contributed by atoms with Crippen molar-refractivity contribution in [2.24, 2.45) is 0 Å². The van der Waals surface area contributed by atoms with Gasteiger partial charge >= 0.3 is 0 Å². The van der Waals surface area contributed by atoms with Crippen LogP contribution in [0.2, 0.25) is 0 Å². The Morgan fingerprint density at radius 1 is 1.88 bits per heavy atom. The molecule has 0 atom stereocenters. The van der Waals surface area contributed by atoms with Crippen molar-refractivity contribution in [3.63, 3.8) is 0 Å². The van der Waals surface area contributed by atoms with Crippen LogP contribution < -0.4 is 5.32 Å². The van der Waals surface area contributed by atoms with Gasteiger partial charge in [0.05, 0.1) is 23.6 Å². The van der Waals surface area contributed by atoms with E-state index in [1.165, 1.54) is 11.7 Å². The summed E-state index contributed by atoms with van der Waals surface area (Å²) in [6, 6.07) is 0. The molecular formula is C4H7N3S. The van der Waals surface area contributed by atoms with E-state index >= 15 is 0 Å². The van der Waals surface area contributed by atoms with E-state index in [1.807, 2.05) is 7.05 Å². The molecule has 1 aromatic rings. The Morgan fingerprint density at radius 2 is 2.75 bits per heavy atom. The summed E-state index contributed by atoms with van der Waals surface area (Å²) in [5, 5.41) is 2.97. The smallest absolute Gasteiger partial charge is 0.0880 e. The third kappa shape index (κ3) is 1.24. The molecular weight excluding hydrogens is 122 g/mol. The molecule has 0 saturated heterocycles. The Labute approximate surface area is 52.1 Å². The molecule has 0 spiro atoms. The van der Waals surface area contributed by atoms with E-state index in [9.17, 15) is 0 Å². The molecule has 8 heavy (non-hydrogen) atoms. The highest BCUT2D eigenvalue weighted by Crippen LogP contribution is 1.91. The van der Waals surface area contributed by atoms with Gasteiger partial charge in [-0.15, -0.1) is 0 Å². The van der Waals surface area contributed by atoms with Crippen molar-refractivity contribution in [1.29, 1.82) is 0 Å². The van der Waals surface area contributed by atoms with Gasteiger partial charge in [0.25, 0.3) is 0 Å². The van der Waals surface area contributed by atoms with Crippen LogP contribution in [0.25, 0.3) is 0 Å². The Balaban J connectivity index is 2.50. The first kappa shape index (κ1) is 5.65. The van der Waals surface area contributed by atoms with Crippen molar-refractivity contribution in [3.05, 3.63) is 11.9 Å². The van der Waals surface area contributed by atoms with E-state index in [-0.39, 0.29) is 0 Å². The third-order valence-corrected chi connectivity index (χ3v) is 1.28. The maximum atomic E-state index is 3.97. The van der Waals surface area contributed by atoms with E-state index in [0.717, 1.165) is 12.2 Å². The minimum Gasteiger partial charge on any atom is -0.314 e. The van der Waals surface area contributed by atoms with Crippen molar-refractivity contribution in [3.8, 4) is 0 Å². The largest absolute Gasteiger partial charge is 0.314 e. The zero-order chi connectivity index (χ0) is 5.82. The lowest BCUT2D eigenvalue weighted by Crippen LogP contribution is -2.04. The summed E-state index contributed by atoms with van der Waals surface area (Å²) in [5.74, 6) is 0. The first-order valence-electron chi connectivity index (χ1n) is 2.34. The maximum absolute atomic E-state index is 3.97. The SMILES string of the molecule is CNCc1cnsn1. The minimum atomic E-state index is 0.816. The minimum absolute atomic E-state index is 0.816. The van der Waals surface area contributed by atoms with Gasteiger partial charge in [0.1, 0.15) is 0 Å².